The molecule has 166 valence electrons. The number of aromatic nitrogens is 3. The van der Waals surface area contributed by atoms with Crippen LogP contribution in [-0.2, 0) is 12.0 Å². The highest BCUT2D eigenvalue weighted by Crippen LogP contribution is 2.66. The lowest BCUT2D eigenvalue weighted by molar-refractivity contribution is -0.111. The van der Waals surface area contributed by atoms with Gasteiger partial charge in [-0.1, -0.05) is 24.3 Å². The Morgan fingerprint density at radius 1 is 1.22 bits per heavy atom. The van der Waals surface area contributed by atoms with Gasteiger partial charge in [0.1, 0.15) is 17.0 Å². The predicted octanol–water partition coefficient (Wildman–Crippen LogP) is 4.94. The number of fused-ring (bicyclic) bond motifs is 5. The Kier molecular flexibility index (Phi) is 4.34. The molecule has 6 rings (SSSR count). The number of benzene rings is 1. The lowest BCUT2D eigenvalue weighted by atomic mass is 9.53. The molecule has 2 saturated carbocycles. The zero-order valence-corrected chi connectivity index (χ0v) is 18.8. The van der Waals surface area contributed by atoms with Crippen molar-refractivity contribution in [3.8, 4) is 5.75 Å². The Morgan fingerprint density at radius 2 is 2.09 bits per heavy atom. The second kappa shape index (κ2) is 6.94. The molecule has 0 amide bonds. The summed E-state index contributed by atoms with van der Waals surface area (Å²) in [4.78, 5) is 0. The monoisotopic (exact) mass is 429 g/mol. The average molecular weight is 430 g/mol. The first-order chi connectivity index (χ1) is 15.4. The summed E-state index contributed by atoms with van der Waals surface area (Å²) >= 11 is 0. The molecule has 32 heavy (non-hydrogen) atoms. The molecule has 1 aromatic heterocycles. The number of aryl methyl sites for hydroxylation is 1. The fraction of sp³-hybridized carbons (Fsp3) is 0.519. The minimum atomic E-state index is -0.939. The number of aliphatic hydroxyl groups is 1. The van der Waals surface area contributed by atoms with Crippen LogP contribution in [0.4, 0.5) is 0 Å². The van der Waals surface area contributed by atoms with E-state index in [2.05, 4.69) is 42.0 Å². The average Bonchev–Trinajstić information content (AvgIpc) is 3.53. The van der Waals surface area contributed by atoms with Gasteiger partial charge in [0.15, 0.2) is 0 Å². The van der Waals surface area contributed by atoms with Gasteiger partial charge in [-0.25, -0.2) is 4.68 Å². The quantitative estimate of drug-likeness (QED) is 0.678. The van der Waals surface area contributed by atoms with E-state index in [0.717, 1.165) is 49.8 Å². The Hall–Kier alpha value is -2.62. The third kappa shape index (κ3) is 2.68. The summed E-state index contributed by atoms with van der Waals surface area (Å²) in [7, 11) is 0. The number of hydrogen-bond donors (Lipinski definition) is 2. The van der Waals surface area contributed by atoms with E-state index < -0.39 is 5.60 Å². The van der Waals surface area contributed by atoms with E-state index in [1.807, 2.05) is 35.2 Å². The van der Waals surface area contributed by atoms with Crippen molar-refractivity contribution in [3.05, 3.63) is 70.7 Å². The van der Waals surface area contributed by atoms with Crippen LogP contribution in [-0.4, -0.2) is 25.2 Å². The van der Waals surface area contributed by atoms with Gasteiger partial charge in [-0.15, -0.1) is 10.8 Å². The Balaban J connectivity index is 1.31. The van der Waals surface area contributed by atoms with Gasteiger partial charge in [0.2, 0.25) is 0 Å². The van der Waals surface area contributed by atoms with Crippen LogP contribution in [0.5, 0.6) is 5.75 Å². The van der Waals surface area contributed by atoms with Gasteiger partial charge in [-0.05, 0) is 98.6 Å². The highest BCUT2D eigenvalue weighted by atomic mass is 16.3. The van der Waals surface area contributed by atoms with Crippen LogP contribution in [0.2, 0.25) is 0 Å². The van der Waals surface area contributed by atoms with Crippen LogP contribution in [0, 0.1) is 17.3 Å². The molecule has 2 fully saturated rings. The van der Waals surface area contributed by atoms with Gasteiger partial charge in [0.25, 0.3) is 0 Å². The molecule has 6 atom stereocenters. The summed E-state index contributed by atoms with van der Waals surface area (Å²) in [6.45, 7) is 4.39. The van der Waals surface area contributed by atoms with Crippen molar-refractivity contribution in [1.29, 1.82) is 0 Å². The van der Waals surface area contributed by atoms with Gasteiger partial charge < -0.3 is 10.2 Å². The topological polar surface area (TPSA) is 71.2 Å². The van der Waals surface area contributed by atoms with E-state index in [4.69, 9.17) is 0 Å². The minimum Gasteiger partial charge on any atom is -0.508 e. The largest absolute Gasteiger partial charge is 0.508 e. The minimum absolute atomic E-state index is 0.0434. The van der Waals surface area contributed by atoms with Gasteiger partial charge >= 0.3 is 0 Å². The molecule has 5 nitrogen and oxygen atoms in total. The molecule has 1 aromatic carbocycles. The maximum Gasteiger partial charge on any atom is 0.116 e. The third-order valence-corrected chi connectivity index (χ3v) is 9.26. The molecule has 0 radical (unpaired) electrons. The van der Waals surface area contributed by atoms with Crippen LogP contribution in [0.3, 0.4) is 0 Å². The lowest BCUT2D eigenvalue weighted by Crippen LogP contribution is -2.49. The second-order valence-corrected chi connectivity index (χ2v) is 10.5. The second-order valence-electron chi connectivity index (χ2n) is 10.5. The number of phenolic OH excluding ortho intramolecular Hbond substituents is 1. The maximum absolute atomic E-state index is 12.1. The van der Waals surface area contributed by atoms with E-state index in [-0.39, 0.29) is 11.5 Å². The molecule has 1 heterocycles. The van der Waals surface area contributed by atoms with Crippen molar-refractivity contribution in [2.45, 2.75) is 69.9 Å². The molecule has 1 unspecified atom stereocenters. The summed E-state index contributed by atoms with van der Waals surface area (Å²) in [5, 5.41) is 31.0. The number of hydrogen-bond acceptors (Lipinski definition) is 4. The predicted molar refractivity (Wildman–Crippen MR) is 122 cm³/mol. The van der Waals surface area contributed by atoms with Crippen molar-refractivity contribution in [2.75, 3.05) is 0 Å². The van der Waals surface area contributed by atoms with Crippen LogP contribution in [0.1, 0.15) is 74.7 Å². The maximum atomic E-state index is 12.1. The van der Waals surface area contributed by atoms with Crippen LogP contribution in [0.15, 0.2) is 53.9 Å². The molecule has 0 spiro atoms. The molecule has 0 aliphatic heterocycles. The SMILES string of the molecule is CC(C1=C=CC=C1)n1cc([C@]2(O)CC[C@H]3[C@@H]4CCc5cc(O)ccc5[C@H]4CC[C@@]32C)nn1. The van der Waals surface area contributed by atoms with Crippen molar-refractivity contribution < 1.29 is 10.2 Å². The molecule has 2 N–H and O–H groups in total. The normalized spacial score (nSPS) is 35.8. The van der Waals surface area contributed by atoms with Crippen molar-refractivity contribution >= 4 is 0 Å². The number of aromatic hydroxyl groups is 1. The summed E-state index contributed by atoms with van der Waals surface area (Å²) in [5.74, 6) is 1.95. The Morgan fingerprint density at radius 3 is 2.91 bits per heavy atom. The highest BCUT2D eigenvalue weighted by Gasteiger charge is 2.63. The molecule has 5 heteroatoms. The summed E-state index contributed by atoms with van der Waals surface area (Å²) < 4.78 is 1.87. The number of rotatable bonds is 3. The number of allylic oxidation sites excluding steroid dienone is 3. The number of nitrogens with zero attached hydrogens (tertiary/aromatic N) is 3. The molecular weight excluding hydrogens is 398 g/mol. The summed E-state index contributed by atoms with van der Waals surface area (Å²) in [5.41, 5.74) is 6.65. The highest BCUT2D eigenvalue weighted by molar-refractivity contribution is 5.40. The zero-order valence-electron chi connectivity index (χ0n) is 18.8. The first-order valence-electron chi connectivity index (χ1n) is 12.0. The molecule has 0 bridgehead atoms. The van der Waals surface area contributed by atoms with Gasteiger partial charge in [-0.3, -0.25) is 0 Å². The Bertz CT molecular complexity index is 1170. The molecule has 4 aliphatic carbocycles. The third-order valence-electron chi connectivity index (χ3n) is 9.26. The molecular formula is C27H31N3O2. The fourth-order valence-electron chi connectivity index (χ4n) is 7.41. The Labute approximate surface area is 189 Å². The first kappa shape index (κ1) is 20.0. The number of phenols is 1. The summed E-state index contributed by atoms with van der Waals surface area (Å²) in [6, 6.07) is 5.97. The van der Waals surface area contributed by atoms with Gasteiger partial charge in [0.05, 0.1) is 12.2 Å². The van der Waals surface area contributed by atoms with Crippen LogP contribution < -0.4 is 0 Å². The van der Waals surface area contributed by atoms with Crippen molar-refractivity contribution in [2.24, 2.45) is 17.3 Å². The van der Waals surface area contributed by atoms with Gasteiger partial charge in [0, 0.05) is 11.0 Å². The molecule has 0 saturated heterocycles. The van der Waals surface area contributed by atoms with Gasteiger partial charge in [-0.2, -0.15) is 0 Å². The zero-order chi connectivity index (χ0) is 22.1. The van der Waals surface area contributed by atoms with Crippen LogP contribution in [0.25, 0.3) is 0 Å². The first-order valence-corrected chi connectivity index (χ1v) is 12.0. The smallest absolute Gasteiger partial charge is 0.116 e. The van der Waals surface area contributed by atoms with Crippen LogP contribution >= 0.6 is 0 Å². The van der Waals surface area contributed by atoms with E-state index in [1.54, 1.807) is 0 Å². The fourth-order valence-corrected chi connectivity index (χ4v) is 7.41. The van der Waals surface area contributed by atoms with Crippen molar-refractivity contribution in [3.63, 3.8) is 0 Å². The molecule has 4 aliphatic rings. The summed E-state index contributed by atoms with van der Waals surface area (Å²) in [6.07, 6.45) is 13.9. The van der Waals surface area contributed by atoms with E-state index in [9.17, 15) is 10.2 Å². The van der Waals surface area contributed by atoms with E-state index in [0.29, 0.717) is 23.5 Å². The van der Waals surface area contributed by atoms with E-state index >= 15 is 0 Å². The molecule has 2 aromatic rings. The van der Waals surface area contributed by atoms with Crippen molar-refractivity contribution in [1.82, 2.24) is 15.0 Å². The van der Waals surface area contributed by atoms with E-state index in [1.165, 1.54) is 11.1 Å². The standard InChI is InChI=1S/C27H31N3O2/c1-17(18-5-3-4-6-18)30-16-25(28-29-30)27(32)14-12-24-23-9-7-19-15-20(31)8-10-21(19)22(23)11-13-26(24,27)2/h3-5,8,10,15-17,22-24,31-32H,7,9,11-14H2,1-2H3/t17?,22-,23-,24+,26+,27-/m1/s1. The lowest BCUT2D eigenvalue weighted by Gasteiger charge is -2.52.